The number of rotatable bonds is 5. The lowest BCUT2D eigenvalue weighted by Crippen LogP contribution is -2.19. The molecule has 1 heterocycles. The topological polar surface area (TPSA) is 89.0 Å². The summed E-state index contributed by atoms with van der Waals surface area (Å²) in [5.41, 5.74) is 5.05. The molecule has 0 bridgehead atoms. The largest absolute Gasteiger partial charge is 0.454 e. The van der Waals surface area contributed by atoms with Gasteiger partial charge >= 0.3 is 0 Å². The molecule has 7 nitrogen and oxygen atoms in total. The van der Waals surface area contributed by atoms with E-state index in [2.05, 4.69) is 15.8 Å². The molecule has 0 aromatic heterocycles. The predicted molar refractivity (Wildman–Crippen MR) is 123 cm³/mol. The van der Waals surface area contributed by atoms with Crippen LogP contribution in [0.3, 0.4) is 0 Å². The number of hydrazone groups is 1. The van der Waals surface area contributed by atoms with Gasteiger partial charge in [0, 0.05) is 16.3 Å². The molecule has 0 spiro atoms. The Kier molecular flexibility index (Phi) is 6.30. The Labute approximate surface area is 193 Å². The fourth-order valence-corrected chi connectivity index (χ4v) is 3.49. The van der Waals surface area contributed by atoms with Crippen molar-refractivity contribution in [3.05, 3.63) is 87.4 Å². The van der Waals surface area contributed by atoms with Gasteiger partial charge in [-0.15, -0.1) is 0 Å². The Balaban J connectivity index is 1.44. The second-order valence-electron chi connectivity index (χ2n) is 6.87. The highest BCUT2D eigenvalue weighted by molar-refractivity contribution is 6.37. The molecule has 2 N–H and O–H groups in total. The van der Waals surface area contributed by atoms with Gasteiger partial charge in [-0.1, -0.05) is 35.3 Å². The fraction of sp³-hybridized carbons (Fsp3) is 0.0870. The summed E-state index contributed by atoms with van der Waals surface area (Å²) in [6.45, 7) is 1.88. The average Bonchev–Trinajstić information content (AvgIpc) is 3.25. The zero-order valence-electron chi connectivity index (χ0n) is 16.8. The molecule has 9 heteroatoms. The van der Waals surface area contributed by atoms with Crippen LogP contribution in [-0.2, 0) is 0 Å². The van der Waals surface area contributed by atoms with E-state index in [4.69, 9.17) is 32.7 Å². The SMILES string of the molecule is C/C(=N/NC(=O)c1ccc2c(c1)OCO2)c1cccc(NC(=O)c2ccc(Cl)cc2Cl)c1. The molecule has 162 valence electrons. The van der Waals surface area contributed by atoms with Crippen molar-refractivity contribution in [2.24, 2.45) is 5.10 Å². The van der Waals surface area contributed by atoms with E-state index in [0.29, 0.717) is 39.0 Å². The van der Waals surface area contributed by atoms with E-state index in [1.807, 2.05) is 6.07 Å². The van der Waals surface area contributed by atoms with Crippen molar-refractivity contribution in [3.8, 4) is 11.5 Å². The van der Waals surface area contributed by atoms with Crippen LogP contribution in [0.4, 0.5) is 5.69 Å². The van der Waals surface area contributed by atoms with Gasteiger partial charge in [-0.2, -0.15) is 5.10 Å². The average molecular weight is 470 g/mol. The summed E-state index contributed by atoms with van der Waals surface area (Å²) in [6, 6.07) is 16.6. The Morgan fingerprint density at radius 1 is 0.906 bits per heavy atom. The normalized spacial score (nSPS) is 12.4. The third kappa shape index (κ3) is 4.85. The van der Waals surface area contributed by atoms with Gasteiger partial charge in [0.2, 0.25) is 6.79 Å². The van der Waals surface area contributed by atoms with E-state index >= 15 is 0 Å². The first-order valence-electron chi connectivity index (χ1n) is 9.52. The maximum absolute atomic E-state index is 12.5. The summed E-state index contributed by atoms with van der Waals surface area (Å²) < 4.78 is 10.5. The van der Waals surface area contributed by atoms with Crippen molar-refractivity contribution in [1.29, 1.82) is 0 Å². The number of anilines is 1. The van der Waals surface area contributed by atoms with Gasteiger partial charge in [-0.05, 0) is 61.0 Å². The number of carbonyl (C=O) groups excluding carboxylic acids is 2. The van der Waals surface area contributed by atoms with Crippen molar-refractivity contribution in [2.45, 2.75) is 6.92 Å². The number of hydrogen-bond acceptors (Lipinski definition) is 5. The molecule has 0 saturated carbocycles. The van der Waals surface area contributed by atoms with E-state index in [0.717, 1.165) is 5.56 Å². The first-order valence-corrected chi connectivity index (χ1v) is 10.3. The van der Waals surface area contributed by atoms with Crippen molar-refractivity contribution in [3.63, 3.8) is 0 Å². The quantitative estimate of drug-likeness (QED) is 0.400. The summed E-state index contributed by atoms with van der Waals surface area (Å²) in [5, 5.41) is 7.66. The second-order valence-corrected chi connectivity index (χ2v) is 7.71. The van der Waals surface area contributed by atoms with Crippen molar-refractivity contribution in [1.82, 2.24) is 5.43 Å². The number of halogens is 2. The van der Waals surface area contributed by atoms with Crippen molar-refractivity contribution < 1.29 is 19.1 Å². The molecule has 0 atom stereocenters. The Bertz CT molecular complexity index is 1240. The van der Waals surface area contributed by atoms with Crippen LogP contribution in [0.2, 0.25) is 10.0 Å². The zero-order valence-corrected chi connectivity index (χ0v) is 18.3. The van der Waals surface area contributed by atoms with Crippen LogP contribution in [0.5, 0.6) is 11.5 Å². The molecule has 0 saturated heterocycles. The molecule has 0 aliphatic carbocycles. The van der Waals surface area contributed by atoms with Gasteiger partial charge in [0.05, 0.1) is 16.3 Å². The highest BCUT2D eigenvalue weighted by atomic mass is 35.5. The van der Waals surface area contributed by atoms with E-state index in [-0.39, 0.29) is 23.6 Å². The minimum absolute atomic E-state index is 0.134. The van der Waals surface area contributed by atoms with Crippen LogP contribution in [0.25, 0.3) is 0 Å². The lowest BCUT2D eigenvalue weighted by atomic mass is 10.1. The second kappa shape index (κ2) is 9.30. The third-order valence-electron chi connectivity index (χ3n) is 4.67. The van der Waals surface area contributed by atoms with E-state index < -0.39 is 0 Å². The van der Waals surface area contributed by atoms with Crippen molar-refractivity contribution >= 4 is 46.4 Å². The smallest absolute Gasteiger partial charge is 0.271 e. The van der Waals surface area contributed by atoms with Crippen LogP contribution in [0.15, 0.2) is 65.8 Å². The van der Waals surface area contributed by atoms with E-state index in [1.54, 1.807) is 55.5 Å². The Morgan fingerprint density at radius 2 is 1.72 bits per heavy atom. The first-order chi connectivity index (χ1) is 15.4. The van der Waals surface area contributed by atoms with Crippen molar-refractivity contribution in [2.75, 3.05) is 12.1 Å². The zero-order chi connectivity index (χ0) is 22.7. The number of ether oxygens (including phenoxy) is 2. The number of nitrogens with one attached hydrogen (secondary N) is 2. The summed E-state index contributed by atoms with van der Waals surface area (Å²) in [4.78, 5) is 24.9. The maximum atomic E-state index is 12.5. The number of fused-ring (bicyclic) bond motifs is 1. The van der Waals surface area contributed by atoms with E-state index in [9.17, 15) is 9.59 Å². The molecule has 3 aromatic carbocycles. The minimum atomic E-state index is -0.385. The number of amides is 2. The number of hydrogen-bond donors (Lipinski definition) is 2. The van der Waals surface area contributed by atoms with Crippen LogP contribution in [0.1, 0.15) is 33.2 Å². The number of nitrogens with zero attached hydrogens (tertiary/aromatic N) is 1. The Hall–Kier alpha value is -3.55. The monoisotopic (exact) mass is 469 g/mol. The van der Waals surface area contributed by atoms with E-state index in [1.165, 1.54) is 6.07 Å². The standard InChI is InChI=1S/C23H17Cl2N3O4/c1-13(27-28-22(29)15-5-8-20-21(10-15)32-12-31-20)14-3-2-4-17(9-14)26-23(30)18-7-6-16(24)11-19(18)25/h2-11H,12H2,1H3,(H,26,30)(H,28,29)/b27-13-. The molecule has 0 fully saturated rings. The number of benzene rings is 3. The predicted octanol–water partition coefficient (Wildman–Crippen LogP) is 5.13. The fourth-order valence-electron chi connectivity index (χ4n) is 3.00. The van der Waals surface area contributed by atoms with Gasteiger partial charge in [0.1, 0.15) is 0 Å². The molecule has 2 amide bonds. The molecule has 1 aliphatic heterocycles. The molecule has 3 aromatic rings. The molecule has 4 rings (SSSR count). The lowest BCUT2D eigenvalue weighted by Gasteiger charge is -2.09. The molecule has 1 aliphatic rings. The number of carbonyl (C=O) groups is 2. The van der Waals surface area contributed by atoms with Gasteiger partial charge in [-0.25, -0.2) is 5.43 Å². The van der Waals surface area contributed by atoms with Gasteiger partial charge in [0.25, 0.3) is 11.8 Å². The minimum Gasteiger partial charge on any atom is -0.454 e. The van der Waals surface area contributed by atoms with Gasteiger partial charge < -0.3 is 14.8 Å². The summed E-state index contributed by atoms with van der Waals surface area (Å²) in [7, 11) is 0. The molecule has 0 radical (unpaired) electrons. The molecule has 0 unspecified atom stereocenters. The summed E-state index contributed by atoms with van der Waals surface area (Å²) >= 11 is 12.0. The van der Waals surface area contributed by atoms with Gasteiger partial charge in [0.15, 0.2) is 11.5 Å². The van der Waals surface area contributed by atoms with Crippen LogP contribution in [0, 0.1) is 0 Å². The van der Waals surface area contributed by atoms with Crippen LogP contribution < -0.4 is 20.2 Å². The first kappa shape index (κ1) is 21.7. The van der Waals surface area contributed by atoms with Gasteiger partial charge in [-0.3, -0.25) is 9.59 Å². The molecular weight excluding hydrogens is 453 g/mol. The highest BCUT2D eigenvalue weighted by Crippen LogP contribution is 2.32. The molecule has 32 heavy (non-hydrogen) atoms. The van der Waals surface area contributed by atoms with Crippen LogP contribution in [-0.4, -0.2) is 24.3 Å². The summed E-state index contributed by atoms with van der Waals surface area (Å²) in [6.07, 6.45) is 0. The highest BCUT2D eigenvalue weighted by Gasteiger charge is 2.16. The summed E-state index contributed by atoms with van der Waals surface area (Å²) in [5.74, 6) is 0.363. The van der Waals surface area contributed by atoms with Crippen LogP contribution >= 0.6 is 23.2 Å². The molecular formula is C23H17Cl2N3O4. The third-order valence-corrected chi connectivity index (χ3v) is 5.22. The lowest BCUT2D eigenvalue weighted by molar-refractivity contribution is 0.0953. The maximum Gasteiger partial charge on any atom is 0.271 e. The Morgan fingerprint density at radius 3 is 2.53 bits per heavy atom.